The van der Waals surface area contributed by atoms with Crippen LogP contribution < -0.4 is 0 Å². The summed E-state index contributed by atoms with van der Waals surface area (Å²) >= 11 is 0. The highest BCUT2D eigenvalue weighted by atomic mass is 28.3. The molecule has 0 aromatic rings. The van der Waals surface area contributed by atoms with Crippen LogP contribution in [0.25, 0.3) is 0 Å². The third kappa shape index (κ3) is 3.20. The van der Waals surface area contributed by atoms with Crippen molar-refractivity contribution in [1.29, 1.82) is 0 Å². The van der Waals surface area contributed by atoms with Gasteiger partial charge in [0, 0.05) is 0 Å². The van der Waals surface area contributed by atoms with E-state index in [-0.39, 0.29) is 0 Å². The van der Waals surface area contributed by atoms with Crippen molar-refractivity contribution in [2.24, 2.45) is 0 Å². The highest BCUT2D eigenvalue weighted by molar-refractivity contribution is 6.79. The minimum absolute atomic E-state index is 0.759. The Balaban J connectivity index is 2.97. The molecule has 0 aromatic heterocycles. The standard InChI is InChI=1S/C14H28Si2/c1-8-12-11-13(15(2,3)4)9-10-14(12)16(5,6)7/h9-11,13-14H,8H2,1-7H3. The second-order valence-electron chi connectivity index (χ2n) is 7.22. The van der Waals surface area contributed by atoms with Crippen molar-refractivity contribution < 1.29 is 0 Å². The van der Waals surface area contributed by atoms with E-state index in [4.69, 9.17) is 0 Å². The van der Waals surface area contributed by atoms with Crippen molar-refractivity contribution in [2.75, 3.05) is 0 Å². The molecular weight excluding hydrogens is 224 g/mol. The molecule has 2 unspecified atom stereocenters. The van der Waals surface area contributed by atoms with Crippen molar-refractivity contribution in [1.82, 2.24) is 0 Å². The second kappa shape index (κ2) is 4.65. The molecule has 0 saturated heterocycles. The van der Waals surface area contributed by atoms with Gasteiger partial charge in [0.2, 0.25) is 0 Å². The highest BCUT2D eigenvalue weighted by Gasteiger charge is 2.32. The first-order valence-electron chi connectivity index (χ1n) is 6.55. The van der Waals surface area contributed by atoms with E-state index in [1.807, 2.05) is 0 Å². The summed E-state index contributed by atoms with van der Waals surface area (Å²) in [5.74, 6) is 0. The molecule has 0 aromatic carbocycles. The molecule has 0 spiro atoms. The predicted molar refractivity (Wildman–Crippen MR) is 81.7 cm³/mol. The van der Waals surface area contributed by atoms with E-state index < -0.39 is 16.1 Å². The lowest BCUT2D eigenvalue weighted by atomic mass is 10.0. The molecule has 0 amide bonds. The van der Waals surface area contributed by atoms with E-state index >= 15 is 0 Å². The molecule has 2 atom stereocenters. The van der Waals surface area contributed by atoms with Crippen molar-refractivity contribution in [2.45, 2.75) is 63.7 Å². The quantitative estimate of drug-likeness (QED) is 0.472. The maximum absolute atomic E-state index is 2.61. The molecule has 1 rings (SSSR count). The van der Waals surface area contributed by atoms with E-state index in [1.165, 1.54) is 6.42 Å². The first kappa shape index (κ1) is 14.0. The number of allylic oxidation sites excluding steroid dienone is 4. The van der Waals surface area contributed by atoms with Crippen LogP contribution >= 0.6 is 0 Å². The van der Waals surface area contributed by atoms with Gasteiger partial charge in [-0.15, -0.1) is 0 Å². The molecule has 1 aliphatic rings. The Morgan fingerprint density at radius 3 is 1.88 bits per heavy atom. The summed E-state index contributed by atoms with van der Waals surface area (Å²) in [7, 11) is -2.12. The summed E-state index contributed by atoms with van der Waals surface area (Å²) in [6.07, 6.45) is 8.89. The largest absolute Gasteiger partial charge is 0.0840 e. The van der Waals surface area contributed by atoms with Crippen LogP contribution in [-0.4, -0.2) is 16.1 Å². The molecule has 0 saturated carbocycles. The Morgan fingerprint density at radius 2 is 1.50 bits per heavy atom. The summed E-state index contributed by atoms with van der Waals surface area (Å²) in [6, 6.07) is 0. The topological polar surface area (TPSA) is 0 Å². The van der Waals surface area contributed by atoms with Gasteiger partial charge in [-0.2, -0.15) is 0 Å². The maximum atomic E-state index is 2.61. The fourth-order valence-electron chi connectivity index (χ4n) is 2.47. The Bertz CT molecular complexity index is 300. The first-order valence-corrected chi connectivity index (χ1v) is 13.7. The number of hydrogen-bond donors (Lipinski definition) is 0. The molecule has 0 aliphatic heterocycles. The minimum atomic E-state index is -1.07. The van der Waals surface area contributed by atoms with E-state index in [2.05, 4.69) is 64.4 Å². The zero-order chi connectivity index (χ0) is 12.6. The summed E-state index contributed by atoms with van der Waals surface area (Å²) in [6.45, 7) is 17.2. The molecule has 92 valence electrons. The van der Waals surface area contributed by atoms with E-state index in [0.717, 1.165) is 11.1 Å². The summed E-state index contributed by atoms with van der Waals surface area (Å²) in [5.41, 5.74) is 3.26. The third-order valence-corrected chi connectivity index (χ3v) is 8.43. The van der Waals surface area contributed by atoms with E-state index in [9.17, 15) is 0 Å². The zero-order valence-corrected chi connectivity index (χ0v) is 14.1. The van der Waals surface area contributed by atoms with Crippen LogP contribution in [0.2, 0.25) is 50.4 Å². The minimum Gasteiger partial charge on any atom is -0.0840 e. The molecule has 0 radical (unpaired) electrons. The van der Waals surface area contributed by atoms with E-state index in [1.54, 1.807) is 5.57 Å². The van der Waals surface area contributed by atoms with Crippen LogP contribution in [0.1, 0.15) is 13.3 Å². The van der Waals surface area contributed by atoms with Gasteiger partial charge in [-0.05, 0) is 17.5 Å². The Kier molecular flexibility index (Phi) is 4.06. The summed E-state index contributed by atoms with van der Waals surface area (Å²) in [5, 5.41) is 0. The first-order chi connectivity index (χ1) is 7.16. The van der Waals surface area contributed by atoms with Gasteiger partial charge < -0.3 is 0 Å². The van der Waals surface area contributed by atoms with Gasteiger partial charge in [0.05, 0.1) is 16.1 Å². The fourth-order valence-corrected chi connectivity index (χ4v) is 5.97. The zero-order valence-electron chi connectivity index (χ0n) is 12.1. The number of rotatable bonds is 3. The van der Waals surface area contributed by atoms with Gasteiger partial charge in [-0.25, -0.2) is 0 Å². The normalized spacial score (nSPS) is 26.8. The van der Waals surface area contributed by atoms with Crippen LogP contribution in [0.5, 0.6) is 0 Å². The van der Waals surface area contributed by atoms with Crippen molar-refractivity contribution in [3.05, 3.63) is 23.8 Å². The van der Waals surface area contributed by atoms with Gasteiger partial charge in [0.25, 0.3) is 0 Å². The molecule has 0 nitrogen and oxygen atoms in total. The third-order valence-electron chi connectivity index (χ3n) is 3.65. The van der Waals surface area contributed by atoms with Gasteiger partial charge in [0.15, 0.2) is 0 Å². The average molecular weight is 253 g/mol. The average Bonchev–Trinajstić information content (AvgIpc) is 2.14. The smallest absolute Gasteiger partial charge is 0.0561 e. The monoisotopic (exact) mass is 252 g/mol. The molecule has 0 N–H and O–H groups in total. The van der Waals surface area contributed by atoms with Crippen LogP contribution in [0, 0.1) is 0 Å². The molecule has 0 bridgehead atoms. The Morgan fingerprint density at radius 1 is 0.938 bits per heavy atom. The molecule has 2 heteroatoms. The molecule has 0 heterocycles. The number of hydrogen-bond acceptors (Lipinski definition) is 0. The summed E-state index contributed by atoms with van der Waals surface area (Å²) in [4.78, 5) is 0. The van der Waals surface area contributed by atoms with Crippen LogP contribution in [0.4, 0.5) is 0 Å². The molecule has 16 heavy (non-hydrogen) atoms. The lowest BCUT2D eigenvalue weighted by Gasteiger charge is -2.35. The Labute approximate surface area is 104 Å². The molecule has 0 fully saturated rings. The predicted octanol–water partition coefficient (Wildman–Crippen LogP) is 5.31. The van der Waals surface area contributed by atoms with Crippen LogP contribution in [-0.2, 0) is 0 Å². The van der Waals surface area contributed by atoms with Gasteiger partial charge in [-0.1, -0.05) is 70.0 Å². The second-order valence-corrected chi connectivity index (χ2v) is 18.0. The SMILES string of the molecule is CCC1=CC([Si](C)(C)C)C=CC1[Si](C)(C)C. The van der Waals surface area contributed by atoms with Gasteiger partial charge >= 0.3 is 0 Å². The lowest BCUT2D eigenvalue weighted by Crippen LogP contribution is -2.32. The summed E-state index contributed by atoms with van der Waals surface area (Å²) < 4.78 is 0. The fraction of sp³-hybridized carbons (Fsp3) is 0.714. The van der Waals surface area contributed by atoms with Crippen molar-refractivity contribution in [3.8, 4) is 0 Å². The van der Waals surface area contributed by atoms with Crippen molar-refractivity contribution >= 4 is 16.1 Å². The molecular formula is C14H28Si2. The lowest BCUT2D eigenvalue weighted by molar-refractivity contribution is 0.952. The van der Waals surface area contributed by atoms with Gasteiger partial charge in [-0.3, -0.25) is 0 Å². The Hall–Kier alpha value is -0.0862. The molecule has 1 aliphatic carbocycles. The maximum Gasteiger partial charge on any atom is 0.0561 e. The van der Waals surface area contributed by atoms with Crippen LogP contribution in [0.3, 0.4) is 0 Å². The van der Waals surface area contributed by atoms with Crippen molar-refractivity contribution in [3.63, 3.8) is 0 Å². The van der Waals surface area contributed by atoms with E-state index in [0.29, 0.717) is 0 Å². The highest BCUT2D eigenvalue weighted by Crippen LogP contribution is 2.41. The van der Waals surface area contributed by atoms with Gasteiger partial charge in [0.1, 0.15) is 0 Å². The van der Waals surface area contributed by atoms with Crippen LogP contribution in [0.15, 0.2) is 23.8 Å².